The molecule has 0 bridgehead atoms. The minimum Gasteiger partial charge on any atom is -0.458 e. The molecular weight excluding hydrogens is 295 g/mol. The maximum Gasteiger partial charge on any atom is 0.140 e. The average molecular weight is 307 g/mol. The van der Waals surface area contributed by atoms with Gasteiger partial charge in [0, 0.05) is 21.0 Å². The summed E-state index contributed by atoms with van der Waals surface area (Å²) in [6.07, 6.45) is -0.982. The number of aliphatic hydroxyl groups excluding tert-OH is 1. The fraction of sp³-hybridized carbons (Fsp3) is 0.125. The topological polar surface area (TPSA) is 33.4 Å². The largest absolute Gasteiger partial charge is 0.458 e. The van der Waals surface area contributed by atoms with Crippen LogP contribution < -0.4 is 0 Å². The van der Waals surface area contributed by atoms with Crippen LogP contribution in [0.4, 0.5) is 0 Å². The first-order chi connectivity index (χ1) is 9.56. The van der Waals surface area contributed by atoms with Gasteiger partial charge in [-0.15, -0.1) is 0 Å². The average Bonchev–Trinajstić information content (AvgIpc) is 2.81. The molecule has 0 aliphatic rings. The number of benzene rings is 2. The molecule has 4 heteroatoms. The highest BCUT2D eigenvalue weighted by Crippen LogP contribution is 2.36. The van der Waals surface area contributed by atoms with Gasteiger partial charge in [-0.05, 0) is 37.3 Å². The third-order valence-electron chi connectivity index (χ3n) is 3.23. The Morgan fingerprint density at radius 1 is 1.05 bits per heavy atom. The Labute approximate surface area is 126 Å². The quantitative estimate of drug-likeness (QED) is 0.712. The Morgan fingerprint density at radius 3 is 2.45 bits per heavy atom. The molecule has 102 valence electrons. The van der Waals surface area contributed by atoms with Crippen molar-refractivity contribution < 1.29 is 9.52 Å². The van der Waals surface area contributed by atoms with Gasteiger partial charge in [-0.1, -0.05) is 40.9 Å². The van der Waals surface area contributed by atoms with Crippen molar-refractivity contribution in [2.75, 3.05) is 0 Å². The van der Waals surface area contributed by atoms with E-state index >= 15 is 0 Å². The number of aryl methyl sites for hydroxylation is 1. The molecular formula is C16H12Cl2O2. The Kier molecular flexibility index (Phi) is 3.47. The lowest BCUT2D eigenvalue weighted by Gasteiger charge is -2.11. The van der Waals surface area contributed by atoms with Crippen molar-refractivity contribution in [3.05, 3.63) is 69.4 Å². The molecule has 0 saturated heterocycles. The van der Waals surface area contributed by atoms with Gasteiger partial charge in [-0.25, -0.2) is 0 Å². The van der Waals surface area contributed by atoms with Crippen molar-refractivity contribution in [1.82, 2.24) is 0 Å². The van der Waals surface area contributed by atoms with Crippen LogP contribution in [-0.4, -0.2) is 5.11 Å². The zero-order valence-electron chi connectivity index (χ0n) is 10.7. The number of rotatable bonds is 2. The number of hydrogen-bond donors (Lipinski definition) is 1. The van der Waals surface area contributed by atoms with Crippen molar-refractivity contribution in [3.8, 4) is 0 Å². The Hall–Kier alpha value is -1.48. The standard InChI is InChI=1S/C16H12Cl2O2/c1-9-5-6-13-10(7-9)8-14(20-13)16(19)15-11(17)3-2-4-12(15)18/h2-8,16,19H,1H3. The minimum atomic E-state index is -0.982. The van der Waals surface area contributed by atoms with E-state index in [0.717, 1.165) is 16.5 Å². The third kappa shape index (κ3) is 2.31. The highest BCUT2D eigenvalue weighted by Gasteiger charge is 2.21. The van der Waals surface area contributed by atoms with Gasteiger partial charge in [0.25, 0.3) is 0 Å². The molecule has 0 fully saturated rings. The van der Waals surface area contributed by atoms with Crippen LogP contribution in [0.15, 0.2) is 46.9 Å². The van der Waals surface area contributed by atoms with Crippen LogP contribution in [0.1, 0.15) is 23.0 Å². The minimum absolute atomic E-state index is 0.418. The molecule has 0 saturated carbocycles. The second kappa shape index (κ2) is 5.13. The van der Waals surface area contributed by atoms with Gasteiger partial charge < -0.3 is 9.52 Å². The fourth-order valence-corrected chi connectivity index (χ4v) is 2.84. The second-order valence-corrected chi connectivity index (χ2v) is 5.54. The van der Waals surface area contributed by atoms with Crippen molar-refractivity contribution >= 4 is 34.2 Å². The maximum atomic E-state index is 10.5. The first kappa shape index (κ1) is 13.5. The number of furan rings is 1. The smallest absolute Gasteiger partial charge is 0.140 e. The summed E-state index contributed by atoms with van der Waals surface area (Å²) in [7, 11) is 0. The monoisotopic (exact) mass is 306 g/mol. The molecule has 1 heterocycles. The molecule has 0 aliphatic heterocycles. The van der Waals surface area contributed by atoms with Crippen LogP contribution in [-0.2, 0) is 0 Å². The van der Waals surface area contributed by atoms with E-state index in [0.29, 0.717) is 21.4 Å². The first-order valence-electron chi connectivity index (χ1n) is 6.18. The molecule has 0 aliphatic carbocycles. The molecule has 20 heavy (non-hydrogen) atoms. The van der Waals surface area contributed by atoms with Gasteiger partial charge in [0.2, 0.25) is 0 Å². The van der Waals surface area contributed by atoms with Crippen LogP contribution in [0.25, 0.3) is 11.0 Å². The lowest BCUT2D eigenvalue weighted by atomic mass is 10.1. The fourth-order valence-electron chi connectivity index (χ4n) is 2.23. The van der Waals surface area contributed by atoms with E-state index in [1.165, 1.54) is 0 Å². The summed E-state index contributed by atoms with van der Waals surface area (Å²) in [5.74, 6) is 0.431. The van der Waals surface area contributed by atoms with Gasteiger partial charge in [-0.2, -0.15) is 0 Å². The van der Waals surface area contributed by atoms with Gasteiger partial charge >= 0.3 is 0 Å². The predicted octanol–water partition coefficient (Wildman–Crippen LogP) is 5.13. The molecule has 0 amide bonds. The summed E-state index contributed by atoms with van der Waals surface area (Å²) in [4.78, 5) is 0. The zero-order valence-corrected chi connectivity index (χ0v) is 12.2. The summed E-state index contributed by atoms with van der Waals surface area (Å²) in [5.41, 5.74) is 2.33. The number of aliphatic hydroxyl groups is 1. The molecule has 2 aromatic carbocycles. The van der Waals surface area contributed by atoms with E-state index in [1.54, 1.807) is 18.2 Å². The highest BCUT2D eigenvalue weighted by atomic mass is 35.5. The molecule has 3 rings (SSSR count). The van der Waals surface area contributed by atoms with Crippen molar-refractivity contribution in [2.24, 2.45) is 0 Å². The summed E-state index contributed by atoms with van der Waals surface area (Å²) < 4.78 is 5.68. The summed E-state index contributed by atoms with van der Waals surface area (Å²) in [5, 5.41) is 12.2. The van der Waals surface area contributed by atoms with Crippen molar-refractivity contribution in [2.45, 2.75) is 13.0 Å². The normalized spacial score (nSPS) is 12.8. The van der Waals surface area contributed by atoms with Crippen LogP contribution in [0, 0.1) is 6.92 Å². The van der Waals surface area contributed by atoms with E-state index in [4.69, 9.17) is 27.6 Å². The van der Waals surface area contributed by atoms with E-state index in [2.05, 4.69) is 0 Å². The number of halogens is 2. The molecule has 3 aromatic rings. The second-order valence-electron chi connectivity index (χ2n) is 4.73. The summed E-state index contributed by atoms with van der Waals surface area (Å²) in [6.45, 7) is 2.01. The van der Waals surface area contributed by atoms with Crippen molar-refractivity contribution in [3.63, 3.8) is 0 Å². The van der Waals surface area contributed by atoms with Crippen LogP contribution in [0.3, 0.4) is 0 Å². The van der Waals surface area contributed by atoms with Gasteiger partial charge in [0.05, 0.1) is 0 Å². The van der Waals surface area contributed by atoms with Gasteiger partial charge in [0.1, 0.15) is 17.4 Å². The van der Waals surface area contributed by atoms with Gasteiger partial charge in [-0.3, -0.25) is 0 Å². The van der Waals surface area contributed by atoms with E-state index < -0.39 is 6.10 Å². The Balaban J connectivity index is 2.10. The Bertz CT molecular complexity index is 757. The molecule has 1 aromatic heterocycles. The Morgan fingerprint density at radius 2 is 1.75 bits per heavy atom. The molecule has 0 spiro atoms. The van der Waals surface area contributed by atoms with E-state index in [9.17, 15) is 5.11 Å². The molecule has 2 nitrogen and oxygen atoms in total. The first-order valence-corrected chi connectivity index (χ1v) is 6.94. The van der Waals surface area contributed by atoms with Crippen molar-refractivity contribution in [1.29, 1.82) is 0 Å². The predicted molar refractivity (Wildman–Crippen MR) is 81.5 cm³/mol. The third-order valence-corrected chi connectivity index (χ3v) is 3.89. The summed E-state index contributed by atoms with van der Waals surface area (Å²) >= 11 is 12.2. The molecule has 0 radical (unpaired) electrons. The van der Waals surface area contributed by atoms with Crippen LogP contribution in [0.2, 0.25) is 10.0 Å². The zero-order chi connectivity index (χ0) is 14.3. The SMILES string of the molecule is Cc1ccc2oc(C(O)c3c(Cl)cccc3Cl)cc2c1. The van der Waals surface area contributed by atoms with E-state index in [-0.39, 0.29) is 0 Å². The summed E-state index contributed by atoms with van der Waals surface area (Å²) in [6, 6.07) is 12.8. The molecule has 1 unspecified atom stereocenters. The lowest BCUT2D eigenvalue weighted by molar-refractivity contribution is 0.192. The van der Waals surface area contributed by atoms with E-state index in [1.807, 2.05) is 31.2 Å². The number of fused-ring (bicyclic) bond motifs is 1. The molecule has 1 N–H and O–H groups in total. The van der Waals surface area contributed by atoms with Crippen LogP contribution in [0.5, 0.6) is 0 Å². The van der Waals surface area contributed by atoms with Crippen LogP contribution >= 0.6 is 23.2 Å². The van der Waals surface area contributed by atoms with Gasteiger partial charge in [0.15, 0.2) is 0 Å². The number of hydrogen-bond acceptors (Lipinski definition) is 2. The highest BCUT2D eigenvalue weighted by molar-refractivity contribution is 6.36. The lowest BCUT2D eigenvalue weighted by Crippen LogP contribution is -1.99. The molecule has 1 atom stereocenters. The maximum absolute atomic E-state index is 10.5.